The Morgan fingerprint density at radius 3 is 2.59 bits per heavy atom. The van der Waals surface area contributed by atoms with Crippen molar-refractivity contribution in [2.24, 2.45) is 22.2 Å². The van der Waals surface area contributed by atoms with Gasteiger partial charge in [0.05, 0.1) is 6.10 Å². The zero-order valence-electron chi connectivity index (χ0n) is 16.9. The van der Waals surface area contributed by atoms with Gasteiger partial charge < -0.3 is 20.3 Å². The minimum atomic E-state index is 0. The fourth-order valence-corrected chi connectivity index (χ4v) is 5.64. The molecule has 2 aliphatic carbocycles. The number of carbonyl (C=O) groups is 1. The van der Waals surface area contributed by atoms with Crippen LogP contribution in [-0.2, 0) is 9.53 Å². The van der Waals surface area contributed by atoms with E-state index in [0.29, 0.717) is 30.0 Å². The topological polar surface area (TPSA) is 66.0 Å². The van der Waals surface area contributed by atoms with E-state index in [-0.39, 0.29) is 35.3 Å². The summed E-state index contributed by atoms with van der Waals surface area (Å²) in [6, 6.07) is 0.698. The maximum absolute atomic E-state index is 12.6. The Hall–Kier alpha value is -0.570. The summed E-state index contributed by atoms with van der Waals surface area (Å²) in [6.07, 6.45) is 7.11. The van der Waals surface area contributed by atoms with Gasteiger partial charge in [-0.2, -0.15) is 0 Å². The second-order valence-corrected chi connectivity index (χ2v) is 9.16. The van der Waals surface area contributed by atoms with Crippen molar-refractivity contribution in [3.05, 3.63) is 0 Å². The lowest BCUT2D eigenvalue weighted by molar-refractivity contribution is -0.134. The van der Waals surface area contributed by atoms with Crippen LogP contribution in [0.15, 0.2) is 4.99 Å². The van der Waals surface area contributed by atoms with Gasteiger partial charge in [0.15, 0.2) is 5.96 Å². The number of guanidine groups is 1. The van der Waals surface area contributed by atoms with Crippen molar-refractivity contribution in [3.63, 3.8) is 0 Å². The van der Waals surface area contributed by atoms with Crippen LogP contribution in [0.5, 0.6) is 0 Å². The molecular formula is C20H35IN4O2. The Morgan fingerprint density at radius 1 is 1.15 bits per heavy atom. The van der Waals surface area contributed by atoms with Crippen molar-refractivity contribution in [1.29, 1.82) is 0 Å². The van der Waals surface area contributed by atoms with E-state index in [4.69, 9.17) is 4.74 Å². The molecule has 4 rings (SSSR count). The van der Waals surface area contributed by atoms with Gasteiger partial charge in [0.25, 0.3) is 0 Å². The summed E-state index contributed by atoms with van der Waals surface area (Å²) in [4.78, 5) is 19.1. The number of rotatable bonds is 3. The number of aliphatic imine (C=N–C) groups is 1. The minimum Gasteiger partial charge on any atom is -0.377 e. The van der Waals surface area contributed by atoms with Gasteiger partial charge in [0.1, 0.15) is 0 Å². The largest absolute Gasteiger partial charge is 0.377 e. The fourth-order valence-electron chi connectivity index (χ4n) is 5.64. The third-order valence-corrected chi connectivity index (χ3v) is 7.16. The van der Waals surface area contributed by atoms with Crippen LogP contribution in [0.2, 0.25) is 0 Å². The van der Waals surface area contributed by atoms with E-state index in [1.807, 2.05) is 7.05 Å². The van der Waals surface area contributed by atoms with E-state index in [9.17, 15) is 4.79 Å². The maximum Gasteiger partial charge on any atom is 0.225 e. The van der Waals surface area contributed by atoms with Gasteiger partial charge >= 0.3 is 0 Å². The molecule has 154 valence electrons. The predicted octanol–water partition coefficient (Wildman–Crippen LogP) is 2.37. The molecule has 0 aromatic rings. The molecule has 2 N–H and O–H groups in total. The summed E-state index contributed by atoms with van der Waals surface area (Å²) in [7, 11) is 1.83. The third-order valence-electron chi connectivity index (χ3n) is 7.16. The Kier molecular flexibility index (Phi) is 6.60. The highest BCUT2D eigenvalue weighted by Crippen LogP contribution is 2.52. The van der Waals surface area contributed by atoms with Crippen LogP contribution in [-0.4, -0.2) is 61.7 Å². The number of carbonyl (C=O) groups excluding carboxylic acids is 1. The number of hydrogen-bond acceptors (Lipinski definition) is 3. The molecule has 4 fully saturated rings. The summed E-state index contributed by atoms with van der Waals surface area (Å²) in [5.41, 5.74) is 0.138. The van der Waals surface area contributed by atoms with E-state index >= 15 is 0 Å². The molecule has 2 heterocycles. The van der Waals surface area contributed by atoms with E-state index < -0.39 is 0 Å². The van der Waals surface area contributed by atoms with Crippen LogP contribution in [0.4, 0.5) is 0 Å². The van der Waals surface area contributed by atoms with Crippen molar-refractivity contribution in [3.8, 4) is 0 Å². The van der Waals surface area contributed by atoms with Crippen LogP contribution in [0.25, 0.3) is 0 Å². The number of nitrogens with zero attached hydrogens (tertiary/aromatic N) is 2. The SMILES string of the molecule is CN=C(NC1CCN(C(=O)C2CCCC2)C1)NC1C2CCOC2C1(C)C.I. The number of halogens is 1. The Bertz CT molecular complexity index is 576. The lowest BCUT2D eigenvalue weighted by Crippen LogP contribution is -2.68. The molecule has 6 nitrogen and oxygen atoms in total. The first-order valence-corrected chi connectivity index (χ1v) is 10.4. The standard InChI is InChI=1S/C20H34N4O2.HI/c1-20(2)16(15-9-11-26-17(15)20)23-19(21-3)22-14-8-10-24(12-14)18(25)13-6-4-5-7-13;/h13-17H,4-12H2,1-3H3,(H2,21,22,23);1H. The number of likely N-dealkylation sites (tertiary alicyclic amines) is 1. The molecule has 2 aliphatic heterocycles. The van der Waals surface area contributed by atoms with Crippen LogP contribution >= 0.6 is 24.0 Å². The average Bonchev–Trinajstić information content (AvgIpc) is 3.38. The predicted molar refractivity (Wildman–Crippen MR) is 117 cm³/mol. The summed E-state index contributed by atoms with van der Waals surface area (Å²) in [6.45, 7) is 7.12. The van der Waals surface area contributed by atoms with Gasteiger partial charge in [-0.05, 0) is 25.7 Å². The molecule has 0 aromatic carbocycles. The van der Waals surface area contributed by atoms with Crippen molar-refractivity contribution < 1.29 is 9.53 Å². The summed E-state index contributed by atoms with van der Waals surface area (Å²) >= 11 is 0. The molecule has 0 bridgehead atoms. The smallest absolute Gasteiger partial charge is 0.225 e. The molecule has 0 aromatic heterocycles. The van der Waals surface area contributed by atoms with Crippen molar-refractivity contribution in [2.45, 2.75) is 70.6 Å². The molecule has 4 atom stereocenters. The third kappa shape index (κ3) is 3.95. The first kappa shape index (κ1) is 21.1. The molecule has 7 heteroatoms. The van der Waals surface area contributed by atoms with E-state index in [2.05, 4.69) is 34.4 Å². The molecular weight excluding hydrogens is 455 g/mol. The zero-order chi connectivity index (χ0) is 18.3. The van der Waals surface area contributed by atoms with Gasteiger partial charge in [-0.3, -0.25) is 9.79 Å². The lowest BCUT2D eigenvalue weighted by Gasteiger charge is -2.55. The fraction of sp³-hybridized carbons (Fsp3) is 0.900. The molecule has 0 spiro atoms. The molecule has 27 heavy (non-hydrogen) atoms. The maximum atomic E-state index is 12.6. The first-order chi connectivity index (χ1) is 12.5. The second-order valence-electron chi connectivity index (χ2n) is 9.16. The van der Waals surface area contributed by atoms with Gasteiger partial charge in [0.2, 0.25) is 5.91 Å². The Morgan fingerprint density at radius 2 is 1.89 bits per heavy atom. The molecule has 4 unspecified atom stereocenters. The number of amides is 1. The average molecular weight is 490 g/mol. The van der Waals surface area contributed by atoms with Crippen molar-refractivity contribution in [1.82, 2.24) is 15.5 Å². The van der Waals surface area contributed by atoms with Crippen molar-refractivity contribution in [2.75, 3.05) is 26.7 Å². The molecule has 2 saturated heterocycles. The minimum absolute atomic E-state index is 0. The van der Waals surface area contributed by atoms with Crippen LogP contribution in [0.3, 0.4) is 0 Å². The van der Waals surface area contributed by atoms with Crippen LogP contribution < -0.4 is 10.6 Å². The van der Waals surface area contributed by atoms with E-state index in [1.54, 1.807) is 0 Å². The molecule has 2 saturated carbocycles. The van der Waals surface area contributed by atoms with Crippen LogP contribution in [0.1, 0.15) is 52.4 Å². The molecule has 1 amide bonds. The highest BCUT2D eigenvalue weighted by molar-refractivity contribution is 14.0. The number of ether oxygens (including phenoxy) is 1. The van der Waals surface area contributed by atoms with Crippen LogP contribution in [0, 0.1) is 17.3 Å². The highest BCUT2D eigenvalue weighted by atomic mass is 127. The second kappa shape index (κ2) is 8.43. The molecule has 4 aliphatic rings. The normalized spacial score (nSPS) is 35.4. The number of fused-ring (bicyclic) bond motifs is 1. The first-order valence-electron chi connectivity index (χ1n) is 10.4. The summed E-state index contributed by atoms with van der Waals surface area (Å²) in [5, 5.41) is 7.21. The zero-order valence-corrected chi connectivity index (χ0v) is 19.2. The Labute approximate surface area is 180 Å². The van der Waals surface area contributed by atoms with Gasteiger partial charge in [0, 0.05) is 56.1 Å². The number of nitrogens with one attached hydrogen (secondary N) is 2. The lowest BCUT2D eigenvalue weighted by atomic mass is 9.57. The monoisotopic (exact) mass is 490 g/mol. The highest BCUT2D eigenvalue weighted by Gasteiger charge is 2.59. The number of hydrogen-bond donors (Lipinski definition) is 2. The quantitative estimate of drug-likeness (QED) is 0.362. The van der Waals surface area contributed by atoms with E-state index in [0.717, 1.165) is 51.3 Å². The summed E-state index contributed by atoms with van der Waals surface area (Å²) < 4.78 is 5.89. The van der Waals surface area contributed by atoms with Gasteiger partial charge in [-0.15, -0.1) is 24.0 Å². The molecule has 0 radical (unpaired) electrons. The van der Waals surface area contributed by atoms with E-state index in [1.165, 1.54) is 12.8 Å². The van der Waals surface area contributed by atoms with Gasteiger partial charge in [-0.1, -0.05) is 26.7 Å². The van der Waals surface area contributed by atoms with Gasteiger partial charge in [-0.25, -0.2) is 0 Å². The Balaban J connectivity index is 0.00000210. The summed E-state index contributed by atoms with van der Waals surface area (Å²) in [5.74, 6) is 2.11. The van der Waals surface area contributed by atoms with Crippen molar-refractivity contribution >= 4 is 35.8 Å².